The summed E-state index contributed by atoms with van der Waals surface area (Å²) in [4.78, 5) is 25.1. The first-order valence-electron chi connectivity index (χ1n) is 10.1. The van der Waals surface area contributed by atoms with Gasteiger partial charge in [0.1, 0.15) is 5.75 Å². The molecule has 0 amide bonds. The lowest BCUT2D eigenvalue weighted by Crippen LogP contribution is -2.22. The maximum Gasteiger partial charge on any atom is 0.343 e. The van der Waals surface area contributed by atoms with Gasteiger partial charge in [0.05, 0.1) is 18.1 Å². The van der Waals surface area contributed by atoms with Gasteiger partial charge in [-0.05, 0) is 54.0 Å². The summed E-state index contributed by atoms with van der Waals surface area (Å²) < 4.78 is 11.1. The summed E-state index contributed by atoms with van der Waals surface area (Å²) in [5.74, 6) is -0.670. The number of esters is 2. The summed E-state index contributed by atoms with van der Waals surface area (Å²) in [5, 5.41) is 0. The minimum absolute atomic E-state index is 0.0750. The van der Waals surface area contributed by atoms with E-state index in [1.165, 1.54) is 0 Å². The molecule has 0 spiro atoms. The van der Waals surface area contributed by atoms with Crippen molar-refractivity contribution in [3.05, 3.63) is 64.7 Å². The summed E-state index contributed by atoms with van der Waals surface area (Å²) in [6.07, 6.45) is 0. The molecule has 0 aliphatic heterocycles. The van der Waals surface area contributed by atoms with Crippen LogP contribution in [0.5, 0.6) is 5.75 Å². The van der Waals surface area contributed by atoms with Gasteiger partial charge in [-0.1, -0.05) is 65.0 Å². The molecule has 0 radical (unpaired) electrons. The van der Waals surface area contributed by atoms with Crippen molar-refractivity contribution in [1.29, 1.82) is 0 Å². The van der Waals surface area contributed by atoms with Gasteiger partial charge >= 0.3 is 11.9 Å². The smallest absolute Gasteiger partial charge is 0.343 e. The number of carbonyl (C=O) groups excluding carboxylic acids is 2. The quantitative estimate of drug-likeness (QED) is 0.456. The topological polar surface area (TPSA) is 52.6 Å². The van der Waals surface area contributed by atoms with Gasteiger partial charge in [0, 0.05) is 0 Å². The largest absolute Gasteiger partial charge is 0.466 e. The molecule has 0 N–H and O–H groups in total. The van der Waals surface area contributed by atoms with Crippen LogP contribution in [0.1, 0.15) is 74.5 Å². The average molecular weight is 397 g/mol. The van der Waals surface area contributed by atoms with E-state index in [1.54, 1.807) is 31.2 Å². The molecule has 2 unspecified atom stereocenters. The Morgan fingerprint density at radius 3 is 2.21 bits per heavy atom. The number of aryl methyl sites for hydroxylation is 1. The van der Waals surface area contributed by atoms with E-state index in [-0.39, 0.29) is 23.2 Å². The van der Waals surface area contributed by atoms with E-state index >= 15 is 0 Å². The molecular weight excluding hydrogens is 364 g/mol. The van der Waals surface area contributed by atoms with Gasteiger partial charge < -0.3 is 9.47 Å². The van der Waals surface area contributed by atoms with E-state index in [2.05, 4.69) is 32.9 Å². The number of carbonyl (C=O) groups is 2. The molecule has 0 aromatic heterocycles. The molecule has 4 heteroatoms. The molecule has 0 aliphatic rings. The number of benzene rings is 2. The molecule has 0 fully saturated rings. The first-order chi connectivity index (χ1) is 13.6. The summed E-state index contributed by atoms with van der Waals surface area (Å²) in [6.45, 7) is 14.3. The fourth-order valence-corrected chi connectivity index (χ4v) is 3.18. The molecule has 0 aliphatic carbocycles. The van der Waals surface area contributed by atoms with Crippen molar-refractivity contribution in [1.82, 2.24) is 0 Å². The van der Waals surface area contributed by atoms with Crippen molar-refractivity contribution in [3.8, 4) is 5.75 Å². The lowest BCUT2D eigenvalue weighted by atomic mass is 9.80. The normalized spacial score (nSPS) is 13.5. The number of ether oxygens (including phenoxy) is 2. The third kappa shape index (κ3) is 5.47. The number of hydrogen-bond acceptors (Lipinski definition) is 4. The second-order valence-electron chi connectivity index (χ2n) is 8.55. The molecule has 0 saturated heterocycles. The van der Waals surface area contributed by atoms with Crippen LogP contribution in [-0.2, 0) is 14.9 Å². The molecule has 4 nitrogen and oxygen atoms in total. The molecule has 156 valence electrons. The lowest BCUT2D eigenvalue weighted by Gasteiger charge is -2.27. The maximum absolute atomic E-state index is 12.7. The first-order valence-corrected chi connectivity index (χ1v) is 10.1. The minimum Gasteiger partial charge on any atom is -0.466 e. The molecule has 2 aromatic carbocycles. The van der Waals surface area contributed by atoms with Crippen molar-refractivity contribution >= 4 is 11.9 Å². The number of hydrogen-bond donors (Lipinski definition) is 0. The van der Waals surface area contributed by atoms with Gasteiger partial charge in [0.15, 0.2) is 0 Å². The highest BCUT2D eigenvalue weighted by Gasteiger charge is 2.29. The first kappa shape index (κ1) is 22.7. The average Bonchev–Trinajstić information content (AvgIpc) is 2.68. The highest BCUT2D eigenvalue weighted by molar-refractivity contribution is 5.91. The van der Waals surface area contributed by atoms with E-state index in [1.807, 2.05) is 26.8 Å². The third-order valence-electron chi connectivity index (χ3n) is 5.27. The fourth-order valence-electron chi connectivity index (χ4n) is 3.18. The van der Waals surface area contributed by atoms with Gasteiger partial charge in [-0.3, -0.25) is 4.79 Å². The highest BCUT2D eigenvalue weighted by Crippen LogP contribution is 2.39. The van der Waals surface area contributed by atoms with Crippen LogP contribution in [0.3, 0.4) is 0 Å². The molecule has 0 heterocycles. The van der Waals surface area contributed by atoms with E-state index in [0.29, 0.717) is 17.9 Å². The van der Waals surface area contributed by atoms with Gasteiger partial charge in [-0.15, -0.1) is 0 Å². The Balaban J connectivity index is 2.51. The molecular formula is C25H32O4. The van der Waals surface area contributed by atoms with Crippen molar-refractivity contribution in [3.63, 3.8) is 0 Å². The predicted octanol–water partition coefficient (Wildman–Crippen LogP) is 5.81. The highest BCUT2D eigenvalue weighted by atomic mass is 16.5. The minimum atomic E-state index is -0.408. The monoisotopic (exact) mass is 396 g/mol. The second-order valence-corrected chi connectivity index (χ2v) is 8.55. The Morgan fingerprint density at radius 2 is 1.66 bits per heavy atom. The SMILES string of the molecule is CCOC(=O)C(C)C(C)c1cc(C(C)(C)C)cc(C)c1OC(=O)c1ccccc1. The summed E-state index contributed by atoms with van der Waals surface area (Å²) in [6, 6.07) is 13.0. The van der Waals surface area contributed by atoms with Gasteiger partial charge in [0.25, 0.3) is 0 Å². The summed E-state index contributed by atoms with van der Waals surface area (Å²) >= 11 is 0. The molecule has 29 heavy (non-hydrogen) atoms. The molecule has 2 atom stereocenters. The zero-order chi connectivity index (χ0) is 21.8. The van der Waals surface area contributed by atoms with Crippen molar-refractivity contribution in [2.45, 2.75) is 59.8 Å². The third-order valence-corrected chi connectivity index (χ3v) is 5.27. The number of rotatable bonds is 6. The lowest BCUT2D eigenvalue weighted by molar-refractivity contribution is -0.148. The molecule has 0 saturated carbocycles. The van der Waals surface area contributed by atoms with Gasteiger partial charge in [-0.25, -0.2) is 4.79 Å². The summed E-state index contributed by atoms with van der Waals surface area (Å²) in [7, 11) is 0. The van der Waals surface area contributed by atoms with Gasteiger partial charge in [0.2, 0.25) is 0 Å². The van der Waals surface area contributed by atoms with E-state index in [4.69, 9.17) is 9.47 Å². The standard InChI is InChI=1S/C25H32O4/c1-8-28-23(26)18(4)17(3)21-15-20(25(5,6)7)14-16(2)22(21)29-24(27)19-12-10-9-11-13-19/h9-15,17-18H,8H2,1-7H3. The fraction of sp³-hybridized carbons (Fsp3) is 0.440. The van der Waals surface area contributed by atoms with Gasteiger partial charge in [-0.2, -0.15) is 0 Å². The zero-order valence-corrected chi connectivity index (χ0v) is 18.5. The zero-order valence-electron chi connectivity index (χ0n) is 18.5. The van der Waals surface area contributed by atoms with E-state index < -0.39 is 5.97 Å². The Labute approximate surface area is 174 Å². The van der Waals surface area contributed by atoms with Crippen LogP contribution in [0.2, 0.25) is 0 Å². The van der Waals surface area contributed by atoms with Crippen LogP contribution >= 0.6 is 0 Å². The Bertz CT molecular complexity index is 862. The van der Waals surface area contributed by atoms with Crippen molar-refractivity contribution in [2.24, 2.45) is 5.92 Å². The Kier molecular flexibility index (Phi) is 7.23. The molecule has 2 aromatic rings. The second kappa shape index (κ2) is 9.25. The van der Waals surface area contributed by atoms with Crippen LogP contribution in [0.4, 0.5) is 0 Å². The summed E-state index contributed by atoms with van der Waals surface area (Å²) in [5.41, 5.74) is 3.27. The Morgan fingerprint density at radius 1 is 1.03 bits per heavy atom. The maximum atomic E-state index is 12.7. The van der Waals surface area contributed by atoms with E-state index in [0.717, 1.165) is 16.7 Å². The molecule has 0 bridgehead atoms. The van der Waals surface area contributed by atoms with Crippen LogP contribution in [0.15, 0.2) is 42.5 Å². The van der Waals surface area contributed by atoms with Crippen molar-refractivity contribution < 1.29 is 19.1 Å². The van der Waals surface area contributed by atoms with Crippen LogP contribution in [-0.4, -0.2) is 18.5 Å². The van der Waals surface area contributed by atoms with Crippen LogP contribution in [0, 0.1) is 12.8 Å². The molecule has 2 rings (SSSR count). The van der Waals surface area contributed by atoms with Crippen molar-refractivity contribution in [2.75, 3.05) is 6.61 Å². The van der Waals surface area contributed by atoms with Crippen LogP contribution < -0.4 is 4.74 Å². The predicted molar refractivity (Wildman–Crippen MR) is 115 cm³/mol. The van der Waals surface area contributed by atoms with E-state index in [9.17, 15) is 9.59 Å². The van der Waals surface area contributed by atoms with Crippen LogP contribution in [0.25, 0.3) is 0 Å². The Hall–Kier alpha value is -2.62.